The van der Waals surface area contributed by atoms with Crippen LogP contribution in [0.2, 0.25) is 0 Å². The number of aliphatic carboxylic acids is 1. The molecule has 0 radical (unpaired) electrons. The zero-order valence-electron chi connectivity index (χ0n) is 9.43. The average Bonchev–Trinajstić information content (AvgIpc) is 1.84. The maximum atomic E-state index is 10.3. The molecule has 0 unspecified atom stereocenters. The van der Waals surface area contributed by atoms with Crippen LogP contribution in [0, 0.1) is 0 Å². The Kier molecular flexibility index (Phi) is 0.534. The highest BCUT2D eigenvalue weighted by molar-refractivity contribution is 5.72. The van der Waals surface area contributed by atoms with Gasteiger partial charge in [-0.1, -0.05) is 6.85 Å². The summed E-state index contributed by atoms with van der Waals surface area (Å²) in [7, 11) is 0. The van der Waals surface area contributed by atoms with Crippen molar-refractivity contribution in [1.29, 1.82) is 0 Å². The van der Waals surface area contributed by atoms with E-state index in [9.17, 15) is 4.79 Å². The number of hydrogen-bond acceptors (Lipinski definition) is 2. The number of carboxylic acids is 1. The van der Waals surface area contributed by atoms with Crippen LogP contribution in [0.25, 0.3) is 0 Å². The fourth-order valence-electron chi connectivity index (χ4n) is 0.0535. The molecule has 1 atom stereocenters. The molecule has 0 aliphatic heterocycles. The first-order chi connectivity index (χ1) is 5.44. The van der Waals surface area contributed by atoms with Crippen LogP contribution < -0.4 is 5.73 Å². The molecule has 0 heterocycles. The largest absolute Gasteiger partial charge is 0.480 e. The highest BCUT2D eigenvalue weighted by Crippen LogP contribution is 1.82. The molecular weight excluding hydrogens is 94.0 g/mol. The van der Waals surface area contributed by atoms with Gasteiger partial charge in [0.25, 0.3) is 0 Å². The molecule has 0 amide bonds. The normalized spacial score (nSPS) is 34.4. The Balaban J connectivity index is 5.16. The second-order valence-corrected chi connectivity index (χ2v) is 0.844. The van der Waals surface area contributed by atoms with Crippen LogP contribution >= 0.6 is 0 Å². The van der Waals surface area contributed by atoms with E-state index in [1.54, 1.807) is 0 Å². The monoisotopic (exact) mass is 109 g/mol. The summed E-state index contributed by atoms with van der Waals surface area (Å²) in [4.78, 5) is 10.3. The third-order valence-corrected chi connectivity index (χ3v) is 0.365. The minimum Gasteiger partial charge on any atom is -0.480 e. The minimum atomic E-state index is -3.30. The van der Waals surface area contributed by atoms with Crippen molar-refractivity contribution in [3.8, 4) is 0 Å². The van der Waals surface area contributed by atoms with Crippen molar-refractivity contribution in [3.05, 3.63) is 0 Å². The fraction of sp³-hybridized carbons (Fsp3) is 0.750. The molecule has 0 rings (SSSR count). The molecular formula is C4H9NO2. The smallest absolute Gasteiger partial charge is 0.320 e. The van der Waals surface area contributed by atoms with E-state index in [2.05, 4.69) is 0 Å². The zero-order valence-corrected chi connectivity index (χ0v) is 3.43. The predicted molar refractivity (Wildman–Crippen MR) is 25.9 cm³/mol. The lowest BCUT2D eigenvalue weighted by atomic mass is 10.2. The summed E-state index contributed by atoms with van der Waals surface area (Å²) in [5.41, 5.74) is 4.76. The molecule has 0 bridgehead atoms. The molecule has 0 aromatic rings. The van der Waals surface area contributed by atoms with Crippen LogP contribution in [0.5, 0.6) is 0 Å². The SMILES string of the molecule is [2H]C([2H])([2H])C([2H])([2H])[C@@]([2H])(N)C(=O)O. The van der Waals surface area contributed by atoms with Gasteiger partial charge >= 0.3 is 5.97 Å². The quantitative estimate of drug-likeness (QED) is 0.516. The lowest BCUT2D eigenvalue weighted by Crippen LogP contribution is -2.28. The molecule has 3 N–H and O–H groups in total. The van der Waals surface area contributed by atoms with Gasteiger partial charge < -0.3 is 10.8 Å². The molecule has 0 aromatic heterocycles. The summed E-state index contributed by atoms with van der Waals surface area (Å²) in [6.07, 6.45) is -3.30. The Hall–Kier alpha value is -0.570. The van der Waals surface area contributed by atoms with E-state index in [1.165, 1.54) is 0 Å². The Morgan fingerprint density at radius 3 is 3.29 bits per heavy atom. The topological polar surface area (TPSA) is 63.3 Å². The predicted octanol–water partition coefficient (Wildman–Crippen LogP) is -0.192. The number of carbonyl (C=O) groups is 1. The molecule has 3 nitrogen and oxygen atoms in total. The second-order valence-electron chi connectivity index (χ2n) is 0.844. The molecule has 0 aliphatic carbocycles. The Bertz CT molecular complexity index is 221. The lowest BCUT2D eigenvalue weighted by molar-refractivity contribution is -0.138. The Morgan fingerprint density at radius 1 is 2.57 bits per heavy atom. The molecule has 42 valence electrons. The van der Waals surface area contributed by atoms with E-state index in [0.717, 1.165) is 0 Å². The average molecular weight is 109 g/mol. The van der Waals surface area contributed by atoms with Gasteiger partial charge in [-0.2, -0.15) is 0 Å². The van der Waals surface area contributed by atoms with Gasteiger partial charge in [0, 0.05) is 6.85 Å². The van der Waals surface area contributed by atoms with Crippen LogP contribution in [0.1, 0.15) is 21.4 Å². The van der Waals surface area contributed by atoms with Crippen molar-refractivity contribution in [2.24, 2.45) is 5.73 Å². The fourth-order valence-corrected chi connectivity index (χ4v) is 0.0535. The van der Waals surface area contributed by atoms with Crippen molar-refractivity contribution in [1.82, 2.24) is 0 Å². The van der Waals surface area contributed by atoms with Gasteiger partial charge in [0.05, 0.1) is 1.37 Å². The van der Waals surface area contributed by atoms with Crippen LogP contribution in [0.4, 0.5) is 0 Å². The number of rotatable bonds is 2. The molecule has 0 aliphatic rings. The van der Waals surface area contributed by atoms with Crippen LogP contribution in [-0.4, -0.2) is 17.1 Å². The molecule has 0 fully saturated rings. The number of nitrogens with two attached hydrogens (primary N) is 1. The summed E-state index contributed by atoms with van der Waals surface area (Å²) in [5, 5.41) is 8.34. The van der Waals surface area contributed by atoms with Gasteiger partial charge in [-0.3, -0.25) is 4.79 Å². The molecule has 0 spiro atoms. The first kappa shape index (κ1) is 1.45. The van der Waals surface area contributed by atoms with E-state index < -0.39 is 25.2 Å². The van der Waals surface area contributed by atoms with E-state index >= 15 is 0 Å². The van der Waals surface area contributed by atoms with Crippen molar-refractivity contribution in [3.63, 3.8) is 0 Å². The molecule has 0 aromatic carbocycles. The van der Waals surface area contributed by atoms with E-state index in [1.807, 2.05) is 0 Å². The standard InChI is InChI=1S/C4H9NO2/c1-2-3(5)4(6)7/h3H,2,5H2,1H3,(H,6,7)/t3-/m1/s1/i1D3,2D2,3D. The van der Waals surface area contributed by atoms with Gasteiger partial charge in [0.1, 0.15) is 6.02 Å². The first-order valence-electron chi connectivity index (χ1n) is 4.47. The maximum Gasteiger partial charge on any atom is 0.320 e. The summed E-state index contributed by atoms with van der Waals surface area (Å²) < 4.78 is 40.8. The minimum absolute atomic E-state index is 2.02. The summed E-state index contributed by atoms with van der Waals surface area (Å²) in [5.74, 6) is -2.02. The second kappa shape index (κ2) is 2.58. The van der Waals surface area contributed by atoms with Gasteiger partial charge in [0.2, 0.25) is 0 Å². The molecule has 0 saturated heterocycles. The maximum absolute atomic E-state index is 10.3. The Labute approximate surface area is 50.6 Å². The van der Waals surface area contributed by atoms with Gasteiger partial charge in [-0.25, -0.2) is 0 Å². The summed E-state index contributed by atoms with van der Waals surface area (Å²) in [6, 6.07) is -3.18. The van der Waals surface area contributed by atoms with Crippen LogP contribution in [0.15, 0.2) is 0 Å². The highest BCUT2D eigenvalue weighted by Gasteiger charge is 2.05. The van der Waals surface area contributed by atoms with Crippen molar-refractivity contribution >= 4 is 5.97 Å². The van der Waals surface area contributed by atoms with E-state index in [4.69, 9.17) is 19.1 Å². The lowest BCUT2D eigenvalue weighted by Gasteiger charge is -1.97. The van der Waals surface area contributed by atoms with Gasteiger partial charge in [-0.15, -0.1) is 0 Å². The third kappa shape index (κ3) is 2.17. The number of carboxylic acid groups (broad SMARTS) is 1. The van der Waals surface area contributed by atoms with Crippen LogP contribution in [0.3, 0.4) is 0 Å². The van der Waals surface area contributed by atoms with Crippen LogP contribution in [-0.2, 0) is 4.79 Å². The first-order valence-corrected chi connectivity index (χ1v) is 1.47. The molecule has 7 heavy (non-hydrogen) atoms. The van der Waals surface area contributed by atoms with Crippen molar-refractivity contribution < 1.29 is 18.1 Å². The number of hydrogen-bond donors (Lipinski definition) is 2. The third-order valence-electron chi connectivity index (χ3n) is 0.365. The summed E-state index contributed by atoms with van der Waals surface area (Å²) in [6.45, 7) is -3.25. The Morgan fingerprint density at radius 2 is 3.14 bits per heavy atom. The van der Waals surface area contributed by atoms with Crippen molar-refractivity contribution in [2.75, 3.05) is 0 Å². The zero-order chi connectivity index (χ0) is 11.1. The van der Waals surface area contributed by atoms with Gasteiger partial charge in [0.15, 0.2) is 0 Å². The van der Waals surface area contributed by atoms with Gasteiger partial charge in [-0.05, 0) is 6.37 Å². The highest BCUT2D eigenvalue weighted by atomic mass is 16.4. The van der Waals surface area contributed by atoms with E-state index in [-0.39, 0.29) is 0 Å². The van der Waals surface area contributed by atoms with E-state index in [0.29, 0.717) is 0 Å². The molecule has 0 saturated carbocycles. The van der Waals surface area contributed by atoms with Crippen molar-refractivity contribution in [2.45, 2.75) is 19.2 Å². The molecule has 3 heteroatoms. The summed E-state index contributed by atoms with van der Waals surface area (Å²) >= 11 is 0.